The third kappa shape index (κ3) is 3.88. The average molecular weight is 340 g/mol. The second-order valence-electron chi connectivity index (χ2n) is 5.86. The van der Waals surface area contributed by atoms with Crippen molar-refractivity contribution in [3.63, 3.8) is 0 Å². The van der Waals surface area contributed by atoms with Gasteiger partial charge in [0.1, 0.15) is 0 Å². The number of amides is 3. The number of methoxy groups -OCH3 is 1. The SMILES string of the molecule is COc1ncccc1CNC(=O)N[C@@H](C)c1ccc2c(c1)CC(=O)N2. The van der Waals surface area contributed by atoms with E-state index in [0.717, 1.165) is 22.4 Å². The van der Waals surface area contributed by atoms with Crippen molar-refractivity contribution < 1.29 is 14.3 Å². The van der Waals surface area contributed by atoms with Crippen LogP contribution in [0.25, 0.3) is 0 Å². The summed E-state index contributed by atoms with van der Waals surface area (Å²) < 4.78 is 5.16. The zero-order chi connectivity index (χ0) is 17.8. The number of nitrogens with one attached hydrogen (secondary N) is 3. The molecule has 0 fully saturated rings. The van der Waals surface area contributed by atoms with Crippen LogP contribution >= 0.6 is 0 Å². The van der Waals surface area contributed by atoms with Crippen molar-refractivity contribution in [2.24, 2.45) is 0 Å². The van der Waals surface area contributed by atoms with Gasteiger partial charge in [-0.05, 0) is 30.2 Å². The van der Waals surface area contributed by atoms with Crippen LogP contribution in [0.1, 0.15) is 29.7 Å². The van der Waals surface area contributed by atoms with Crippen LogP contribution in [0.3, 0.4) is 0 Å². The number of hydrogen-bond acceptors (Lipinski definition) is 4. The molecule has 7 heteroatoms. The Morgan fingerprint density at radius 2 is 2.24 bits per heavy atom. The van der Waals surface area contributed by atoms with Gasteiger partial charge in [0.15, 0.2) is 0 Å². The van der Waals surface area contributed by atoms with Gasteiger partial charge in [-0.1, -0.05) is 18.2 Å². The molecule has 0 aliphatic carbocycles. The predicted molar refractivity (Wildman–Crippen MR) is 93.4 cm³/mol. The highest BCUT2D eigenvalue weighted by Gasteiger charge is 2.19. The molecule has 0 radical (unpaired) electrons. The summed E-state index contributed by atoms with van der Waals surface area (Å²) in [6.07, 6.45) is 2.01. The molecular weight excluding hydrogens is 320 g/mol. The molecule has 1 aliphatic rings. The Bertz CT molecular complexity index is 807. The molecule has 0 saturated carbocycles. The lowest BCUT2D eigenvalue weighted by Crippen LogP contribution is -2.36. The topological polar surface area (TPSA) is 92.3 Å². The van der Waals surface area contributed by atoms with Gasteiger partial charge >= 0.3 is 6.03 Å². The number of urea groups is 1. The molecule has 3 amide bonds. The number of anilines is 1. The van der Waals surface area contributed by atoms with Gasteiger partial charge in [-0.15, -0.1) is 0 Å². The summed E-state index contributed by atoms with van der Waals surface area (Å²) in [5, 5.41) is 8.48. The minimum absolute atomic E-state index is 0.00377. The molecule has 3 rings (SSSR count). The maximum absolute atomic E-state index is 12.1. The number of pyridine rings is 1. The predicted octanol–water partition coefficient (Wildman–Crippen LogP) is 2.15. The van der Waals surface area contributed by atoms with Gasteiger partial charge in [0.25, 0.3) is 0 Å². The van der Waals surface area contributed by atoms with E-state index in [9.17, 15) is 9.59 Å². The number of carbonyl (C=O) groups excluding carboxylic acids is 2. The molecule has 1 aromatic heterocycles. The normalized spacial score (nSPS) is 13.6. The minimum atomic E-state index is -0.284. The first-order valence-corrected chi connectivity index (χ1v) is 8.01. The fourth-order valence-corrected chi connectivity index (χ4v) is 2.77. The first kappa shape index (κ1) is 16.8. The number of rotatable bonds is 5. The highest BCUT2D eigenvalue weighted by atomic mass is 16.5. The Morgan fingerprint density at radius 1 is 1.40 bits per heavy atom. The second kappa shape index (κ2) is 7.21. The number of fused-ring (bicyclic) bond motifs is 1. The number of hydrogen-bond donors (Lipinski definition) is 3. The number of ether oxygens (including phenoxy) is 1. The molecule has 0 saturated heterocycles. The molecule has 25 heavy (non-hydrogen) atoms. The summed E-state index contributed by atoms with van der Waals surface area (Å²) >= 11 is 0. The fourth-order valence-electron chi connectivity index (χ4n) is 2.77. The molecule has 2 aromatic rings. The Labute approximate surface area is 145 Å². The van der Waals surface area contributed by atoms with Crippen molar-refractivity contribution in [2.45, 2.75) is 25.9 Å². The van der Waals surface area contributed by atoms with Crippen molar-refractivity contribution in [1.82, 2.24) is 15.6 Å². The Kier molecular flexibility index (Phi) is 4.83. The van der Waals surface area contributed by atoms with E-state index >= 15 is 0 Å². The molecule has 1 aliphatic heterocycles. The summed E-state index contributed by atoms with van der Waals surface area (Å²) in [6.45, 7) is 2.22. The van der Waals surface area contributed by atoms with Crippen LogP contribution in [0.5, 0.6) is 5.88 Å². The van der Waals surface area contributed by atoms with Crippen LogP contribution in [0.2, 0.25) is 0 Å². The average Bonchev–Trinajstić information content (AvgIpc) is 2.99. The van der Waals surface area contributed by atoms with E-state index < -0.39 is 0 Å². The fraction of sp³-hybridized carbons (Fsp3) is 0.278. The standard InChI is InChI=1S/C18H20N4O3/c1-11(12-5-6-15-14(8-12)9-16(23)22-15)21-18(24)20-10-13-4-3-7-19-17(13)25-2/h3-8,11H,9-10H2,1-2H3,(H,22,23)(H2,20,21,24)/t11-/m0/s1. The summed E-state index contributed by atoms with van der Waals surface area (Å²) in [5.74, 6) is 0.488. The highest BCUT2D eigenvalue weighted by Crippen LogP contribution is 2.26. The molecule has 2 heterocycles. The molecule has 7 nitrogen and oxygen atoms in total. The molecule has 0 bridgehead atoms. The number of benzene rings is 1. The smallest absolute Gasteiger partial charge is 0.315 e. The van der Waals surface area contributed by atoms with Gasteiger partial charge in [0, 0.05) is 24.0 Å². The summed E-state index contributed by atoms with van der Waals surface area (Å²) in [5.41, 5.74) is 3.55. The molecular formula is C18H20N4O3. The van der Waals surface area contributed by atoms with Crippen LogP contribution in [0.15, 0.2) is 36.5 Å². The monoisotopic (exact) mass is 340 g/mol. The van der Waals surface area contributed by atoms with Gasteiger partial charge in [-0.2, -0.15) is 0 Å². The number of carbonyl (C=O) groups is 2. The lowest BCUT2D eigenvalue weighted by Gasteiger charge is -2.16. The third-order valence-electron chi connectivity index (χ3n) is 4.08. The van der Waals surface area contributed by atoms with Crippen molar-refractivity contribution >= 4 is 17.6 Å². The van der Waals surface area contributed by atoms with Gasteiger partial charge in [-0.25, -0.2) is 9.78 Å². The lowest BCUT2D eigenvalue weighted by molar-refractivity contribution is -0.115. The maximum atomic E-state index is 12.1. The zero-order valence-electron chi connectivity index (χ0n) is 14.1. The minimum Gasteiger partial charge on any atom is -0.481 e. The van der Waals surface area contributed by atoms with E-state index in [-0.39, 0.29) is 18.0 Å². The zero-order valence-corrected chi connectivity index (χ0v) is 14.1. The van der Waals surface area contributed by atoms with Crippen LogP contribution < -0.4 is 20.7 Å². The summed E-state index contributed by atoms with van der Waals surface area (Å²) in [4.78, 5) is 27.7. The van der Waals surface area contributed by atoms with E-state index in [2.05, 4.69) is 20.9 Å². The number of aromatic nitrogens is 1. The summed E-state index contributed by atoms with van der Waals surface area (Å²) in [6, 6.07) is 8.89. The first-order chi connectivity index (χ1) is 12.1. The van der Waals surface area contributed by atoms with E-state index in [0.29, 0.717) is 18.8 Å². The highest BCUT2D eigenvalue weighted by molar-refractivity contribution is 5.99. The van der Waals surface area contributed by atoms with E-state index in [4.69, 9.17) is 4.74 Å². The summed E-state index contributed by atoms with van der Waals surface area (Å²) in [7, 11) is 1.54. The molecule has 1 aromatic carbocycles. The van der Waals surface area contributed by atoms with Crippen LogP contribution in [-0.2, 0) is 17.8 Å². The van der Waals surface area contributed by atoms with Gasteiger partial charge in [-0.3, -0.25) is 4.79 Å². The first-order valence-electron chi connectivity index (χ1n) is 8.01. The van der Waals surface area contributed by atoms with Crippen molar-refractivity contribution in [3.8, 4) is 5.88 Å². The Morgan fingerprint density at radius 3 is 3.04 bits per heavy atom. The van der Waals surface area contributed by atoms with Crippen LogP contribution in [0, 0.1) is 0 Å². The van der Waals surface area contributed by atoms with E-state index in [1.54, 1.807) is 19.4 Å². The van der Waals surface area contributed by atoms with Crippen molar-refractivity contribution in [3.05, 3.63) is 53.2 Å². The largest absolute Gasteiger partial charge is 0.481 e. The Hall–Kier alpha value is -3.09. The van der Waals surface area contributed by atoms with Crippen molar-refractivity contribution in [2.75, 3.05) is 12.4 Å². The lowest BCUT2D eigenvalue weighted by atomic mass is 10.0. The van der Waals surface area contributed by atoms with Gasteiger partial charge in [0.2, 0.25) is 11.8 Å². The quantitative estimate of drug-likeness (QED) is 0.777. The van der Waals surface area contributed by atoms with Gasteiger partial charge in [0.05, 0.1) is 19.6 Å². The Balaban J connectivity index is 1.58. The van der Waals surface area contributed by atoms with Crippen LogP contribution in [0.4, 0.5) is 10.5 Å². The van der Waals surface area contributed by atoms with E-state index in [1.807, 2.05) is 31.2 Å². The van der Waals surface area contributed by atoms with Gasteiger partial charge < -0.3 is 20.7 Å². The molecule has 0 unspecified atom stereocenters. The molecule has 1 atom stereocenters. The maximum Gasteiger partial charge on any atom is 0.315 e. The second-order valence-corrected chi connectivity index (χ2v) is 5.86. The molecule has 0 spiro atoms. The van der Waals surface area contributed by atoms with Crippen LogP contribution in [-0.4, -0.2) is 24.0 Å². The molecule has 3 N–H and O–H groups in total. The third-order valence-corrected chi connectivity index (χ3v) is 4.08. The van der Waals surface area contributed by atoms with E-state index in [1.165, 1.54) is 0 Å². The number of nitrogens with zero attached hydrogens (tertiary/aromatic N) is 1. The van der Waals surface area contributed by atoms with Crippen molar-refractivity contribution in [1.29, 1.82) is 0 Å². The molecule has 130 valence electrons.